The fourth-order valence-electron chi connectivity index (χ4n) is 3.48. The van der Waals surface area contributed by atoms with Crippen LogP contribution in [0.5, 0.6) is 0 Å². The first kappa shape index (κ1) is 16.8. The van der Waals surface area contributed by atoms with Crippen molar-refractivity contribution in [1.82, 2.24) is 14.8 Å². The molecule has 1 unspecified atom stereocenters. The highest BCUT2D eigenvalue weighted by atomic mass is 16.3. The van der Waals surface area contributed by atoms with Gasteiger partial charge in [0.25, 0.3) is 5.91 Å². The fraction of sp³-hybridized carbons (Fsp3) is 0.333. The van der Waals surface area contributed by atoms with Crippen molar-refractivity contribution in [3.63, 3.8) is 0 Å². The summed E-state index contributed by atoms with van der Waals surface area (Å²) < 4.78 is 5.84. The standard InChI is InChI=1S/C21H23N3O2/c1-23(2)17-10-11-24(14-17)21(25)16-8-9-19-18(13-16)22-20(26-19)12-15-6-4-3-5-7-15/h3-9,13,17H,10-12,14H2,1-2H3. The lowest BCUT2D eigenvalue weighted by Crippen LogP contribution is -2.34. The largest absolute Gasteiger partial charge is 0.440 e. The van der Waals surface area contributed by atoms with Gasteiger partial charge in [0.2, 0.25) is 0 Å². The lowest BCUT2D eigenvalue weighted by atomic mass is 10.1. The van der Waals surface area contributed by atoms with Gasteiger partial charge in [0, 0.05) is 31.1 Å². The summed E-state index contributed by atoms with van der Waals surface area (Å²) in [6.07, 6.45) is 1.67. The van der Waals surface area contributed by atoms with E-state index in [1.807, 2.05) is 41.3 Å². The molecule has 4 rings (SSSR count). The number of carbonyl (C=O) groups excluding carboxylic acids is 1. The summed E-state index contributed by atoms with van der Waals surface area (Å²) in [5.41, 5.74) is 3.30. The summed E-state index contributed by atoms with van der Waals surface area (Å²) in [6, 6.07) is 16.1. The minimum Gasteiger partial charge on any atom is -0.440 e. The van der Waals surface area contributed by atoms with Crippen LogP contribution in [-0.2, 0) is 6.42 Å². The maximum Gasteiger partial charge on any atom is 0.253 e. The molecule has 0 spiro atoms. The van der Waals surface area contributed by atoms with E-state index in [1.165, 1.54) is 0 Å². The van der Waals surface area contributed by atoms with Crippen molar-refractivity contribution in [1.29, 1.82) is 0 Å². The number of hydrogen-bond donors (Lipinski definition) is 0. The highest BCUT2D eigenvalue weighted by molar-refractivity contribution is 5.97. The second-order valence-corrected chi connectivity index (χ2v) is 7.11. The zero-order chi connectivity index (χ0) is 18.1. The number of amides is 1. The average Bonchev–Trinajstić information content (AvgIpc) is 3.28. The number of likely N-dealkylation sites (N-methyl/N-ethyl adjacent to an activating group) is 1. The van der Waals surface area contributed by atoms with Crippen LogP contribution in [0.4, 0.5) is 0 Å². The van der Waals surface area contributed by atoms with Gasteiger partial charge in [-0.05, 0) is 44.3 Å². The first-order valence-corrected chi connectivity index (χ1v) is 8.99. The van der Waals surface area contributed by atoms with Crippen molar-refractivity contribution >= 4 is 17.0 Å². The highest BCUT2D eigenvalue weighted by Crippen LogP contribution is 2.22. The number of nitrogens with zero attached hydrogens (tertiary/aromatic N) is 3. The average molecular weight is 349 g/mol. The Morgan fingerprint density at radius 1 is 1.23 bits per heavy atom. The molecule has 1 aliphatic rings. The van der Waals surface area contributed by atoms with Crippen LogP contribution in [0.25, 0.3) is 11.1 Å². The Bertz CT molecular complexity index is 917. The second-order valence-electron chi connectivity index (χ2n) is 7.11. The molecule has 1 aromatic heterocycles. The number of fused-ring (bicyclic) bond motifs is 1. The van der Waals surface area contributed by atoms with E-state index < -0.39 is 0 Å². The molecule has 0 N–H and O–H groups in total. The molecule has 1 atom stereocenters. The molecule has 1 amide bonds. The van der Waals surface area contributed by atoms with Crippen molar-refractivity contribution < 1.29 is 9.21 Å². The molecular weight excluding hydrogens is 326 g/mol. The summed E-state index contributed by atoms with van der Waals surface area (Å²) in [5.74, 6) is 0.744. The van der Waals surface area contributed by atoms with Crippen LogP contribution in [0.2, 0.25) is 0 Å². The zero-order valence-electron chi connectivity index (χ0n) is 15.2. The van der Waals surface area contributed by atoms with Crippen molar-refractivity contribution in [2.45, 2.75) is 18.9 Å². The first-order valence-electron chi connectivity index (χ1n) is 8.99. The topological polar surface area (TPSA) is 49.6 Å². The molecule has 26 heavy (non-hydrogen) atoms. The van der Waals surface area contributed by atoms with Gasteiger partial charge in [-0.1, -0.05) is 30.3 Å². The number of carbonyl (C=O) groups is 1. The van der Waals surface area contributed by atoms with Crippen molar-refractivity contribution in [2.75, 3.05) is 27.2 Å². The van der Waals surface area contributed by atoms with Crippen molar-refractivity contribution in [2.24, 2.45) is 0 Å². The van der Waals surface area contributed by atoms with E-state index in [-0.39, 0.29) is 5.91 Å². The minimum atomic E-state index is 0.0730. The lowest BCUT2D eigenvalue weighted by molar-refractivity contribution is 0.0783. The highest BCUT2D eigenvalue weighted by Gasteiger charge is 2.28. The van der Waals surface area contributed by atoms with E-state index in [0.29, 0.717) is 23.9 Å². The number of likely N-dealkylation sites (tertiary alicyclic amines) is 1. The van der Waals surface area contributed by atoms with Crippen LogP contribution in [0.1, 0.15) is 28.2 Å². The van der Waals surface area contributed by atoms with Gasteiger partial charge in [0.1, 0.15) is 5.52 Å². The monoisotopic (exact) mass is 349 g/mol. The van der Waals surface area contributed by atoms with Crippen LogP contribution < -0.4 is 0 Å². The third-order valence-electron chi connectivity index (χ3n) is 5.06. The molecular formula is C21H23N3O2. The lowest BCUT2D eigenvalue weighted by Gasteiger charge is -2.20. The van der Waals surface area contributed by atoms with E-state index in [1.54, 1.807) is 0 Å². The molecule has 0 saturated carbocycles. The summed E-state index contributed by atoms with van der Waals surface area (Å²) in [5, 5.41) is 0. The summed E-state index contributed by atoms with van der Waals surface area (Å²) >= 11 is 0. The Balaban J connectivity index is 1.53. The normalized spacial score (nSPS) is 17.3. The molecule has 0 aliphatic carbocycles. The second kappa shape index (κ2) is 6.92. The molecule has 0 bridgehead atoms. The van der Waals surface area contributed by atoms with Crippen LogP contribution in [0.3, 0.4) is 0 Å². The summed E-state index contributed by atoms with van der Waals surface area (Å²) in [7, 11) is 4.13. The quantitative estimate of drug-likeness (QED) is 0.726. The molecule has 5 nitrogen and oxygen atoms in total. The van der Waals surface area contributed by atoms with E-state index in [4.69, 9.17) is 4.42 Å². The summed E-state index contributed by atoms with van der Waals surface area (Å²) in [4.78, 5) is 21.5. The number of oxazole rings is 1. The van der Waals surface area contributed by atoms with Gasteiger partial charge in [-0.2, -0.15) is 0 Å². The molecule has 1 fully saturated rings. The number of benzene rings is 2. The van der Waals surface area contributed by atoms with Gasteiger partial charge in [-0.15, -0.1) is 0 Å². The van der Waals surface area contributed by atoms with Gasteiger partial charge in [0.05, 0.1) is 0 Å². The zero-order valence-corrected chi connectivity index (χ0v) is 15.2. The van der Waals surface area contributed by atoms with Gasteiger partial charge < -0.3 is 14.2 Å². The number of aromatic nitrogens is 1. The third-order valence-corrected chi connectivity index (χ3v) is 5.06. The van der Waals surface area contributed by atoms with E-state index in [0.717, 1.165) is 36.2 Å². The maximum absolute atomic E-state index is 12.8. The number of rotatable bonds is 4. The first-order chi connectivity index (χ1) is 12.6. The van der Waals surface area contributed by atoms with Crippen LogP contribution in [0.15, 0.2) is 52.9 Å². The van der Waals surface area contributed by atoms with Crippen LogP contribution in [0, 0.1) is 0 Å². The van der Waals surface area contributed by atoms with Crippen molar-refractivity contribution in [3.05, 3.63) is 65.5 Å². The Kier molecular flexibility index (Phi) is 4.47. The molecule has 2 aromatic carbocycles. The van der Waals surface area contributed by atoms with Gasteiger partial charge in [0.15, 0.2) is 11.5 Å². The Morgan fingerprint density at radius 3 is 2.77 bits per heavy atom. The molecule has 3 aromatic rings. The summed E-state index contributed by atoms with van der Waals surface area (Å²) in [6.45, 7) is 1.58. The van der Waals surface area contributed by atoms with E-state index in [9.17, 15) is 4.79 Å². The molecule has 1 aliphatic heterocycles. The predicted octanol–water partition coefficient (Wildman–Crippen LogP) is 3.19. The molecule has 134 valence electrons. The number of hydrogen-bond acceptors (Lipinski definition) is 4. The van der Waals surface area contributed by atoms with Crippen LogP contribution >= 0.6 is 0 Å². The Labute approximate surface area is 153 Å². The van der Waals surface area contributed by atoms with Gasteiger partial charge >= 0.3 is 0 Å². The minimum absolute atomic E-state index is 0.0730. The SMILES string of the molecule is CN(C)C1CCN(C(=O)c2ccc3oc(Cc4ccccc4)nc3c2)C1. The maximum atomic E-state index is 12.8. The fourth-order valence-corrected chi connectivity index (χ4v) is 3.48. The van der Waals surface area contributed by atoms with Gasteiger partial charge in [-0.3, -0.25) is 4.79 Å². The predicted molar refractivity (Wildman–Crippen MR) is 101 cm³/mol. The third kappa shape index (κ3) is 3.35. The molecule has 1 saturated heterocycles. The van der Waals surface area contributed by atoms with Crippen molar-refractivity contribution in [3.8, 4) is 0 Å². The Hall–Kier alpha value is -2.66. The van der Waals surface area contributed by atoms with E-state index in [2.05, 4.69) is 36.1 Å². The Morgan fingerprint density at radius 2 is 2.04 bits per heavy atom. The molecule has 0 radical (unpaired) electrons. The smallest absolute Gasteiger partial charge is 0.253 e. The van der Waals surface area contributed by atoms with Crippen LogP contribution in [-0.4, -0.2) is 53.9 Å². The molecule has 5 heteroatoms. The molecule has 2 heterocycles. The van der Waals surface area contributed by atoms with Gasteiger partial charge in [-0.25, -0.2) is 4.98 Å². The van der Waals surface area contributed by atoms with E-state index >= 15 is 0 Å².